The number of piperazine rings is 2. The first-order valence-corrected chi connectivity index (χ1v) is 13.1. The number of hydrogen-bond acceptors (Lipinski definition) is 8. The van der Waals surface area contributed by atoms with Crippen LogP contribution in [-0.2, 0) is 14.2 Å². The van der Waals surface area contributed by atoms with Crippen molar-refractivity contribution in [3.63, 3.8) is 0 Å². The van der Waals surface area contributed by atoms with Crippen molar-refractivity contribution in [1.82, 2.24) is 24.9 Å². The van der Waals surface area contributed by atoms with Gasteiger partial charge in [0.2, 0.25) is 0 Å². The van der Waals surface area contributed by atoms with Gasteiger partial charge in [0.05, 0.1) is 33.0 Å². The predicted octanol–water partition coefficient (Wildman–Crippen LogP) is 0.924. The summed E-state index contributed by atoms with van der Waals surface area (Å²) in [5.74, 6) is 0. The second-order valence-electron chi connectivity index (χ2n) is 8.79. The molecule has 2 bridgehead atoms. The van der Waals surface area contributed by atoms with Crippen molar-refractivity contribution in [2.24, 2.45) is 0 Å². The molecule has 0 spiro atoms. The number of rotatable bonds is 16. The second kappa shape index (κ2) is 17.2. The van der Waals surface area contributed by atoms with E-state index in [1.165, 1.54) is 19.5 Å². The Morgan fingerprint density at radius 1 is 0.750 bits per heavy atom. The molecule has 3 heterocycles. The Bertz CT molecular complexity index is 458. The molecule has 0 aromatic heterocycles. The van der Waals surface area contributed by atoms with Crippen molar-refractivity contribution >= 4 is 0 Å². The van der Waals surface area contributed by atoms with Crippen molar-refractivity contribution in [3.05, 3.63) is 0 Å². The molecule has 3 fully saturated rings. The molecule has 0 radical (unpaired) electrons. The lowest BCUT2D eigenvalue weighted by Crippen LogP contribution is -2.48. The van der Waals surface area contributed by atoms with E-state index in [1.54, 1.807) is 7.11 Å². The predicted molar refractivity (Wildman–Crippen MR) is 134 cm³/mol. The Morgan fingerprint density at radius 3 is 1.75 bits per heavy atom. The molecular formula is C24H53N5O3. The van der Waals surface area contributed by atoms with Crippen LogP contribution in [0.4, 0.5) is 0 Å². The van der Waals surface area contributed by atoms with E-state index < -0.39 is 0 Å². The van der Waals surface area contributed by atoms with Gasteiger partial charge in [0.25, 0.3) is 0 Å². The monoisotopic (exact) mass is 459 g/mol. The molecule has 8 heteroatoms. The Morgan fingerprint density at radius 2 is 1.25 bits per heavy atom. The van der Waals surface area contributed by atoms with Crippen molar-refractivity contribution in [3.8, 4) is 0 Å². The summed E-state index contributed by atoms with van der Waals surface area (Å²) in [6, 6.07) is 1.45. The van der Waals surface area contributed by atoms with Crippen LogP contribution in [-0.4, -0.2) is 150 Å². The normalized spacial score (nSPS) is 24.8. The lowest BCUT2D eigenvalue weighted by atomic mass is 10.2. The van der Waals surface area contributed by atoms with Gasteiger partial charge < -0.3 is 19.5 Å². The van der Waals surface area contributed by atoms with Crippen LogP contribution in [0.25, 0.3) is 0 Å². The molecule has 2 atom stereocenters. The molecule has 0 aromatic carbocycles. The fourth-order valence-corrected chi connectivity index (χ4v) is 4.92. The van der Waals surface area contributed by atoms with E-state index in [4.69, 9.17) is 14.2 Å². The zero-order valence-corrected chi connectivity index (χ0v) is 21.4. The van der Waals surface area contributed by atoms with E-state index in [2.05, 4.69) is 31.8 Å². The molecule has 3 saturated heterocycles. The summed E-state index contributed by atoms with van der Waals surface area (Å²) in [6.07, 6.45) is 1.32. The third kappa shape index (κ3) is 9.89. The molecule has 32 heavy (non-hydrogen) atoms. The molecule has 3 aliphatic heterocycles. The summed E-state index contributed by atoms with van der Waals surface area (Å²) < 4.78 is 16.9. The van der Waals surface area contributed by atoms with Gasteiger partial charge in [-0.15, -0.1) is 0 Å². The largest absolute Gasteiger partial charge is 0.383 e. The topological polar surface area (TPSA) is 52.7 Å². The van der Waals surface area contributed by atoms with Crippen LogP contribution < -0.4 is 5.32 Å². The fourth-order valence-electron chi connectivity index (χ4n) is 4.92. The summed E-state index contributed by atoms with van der Waals surface area (Å²) >= 11 is 0. The minimum atomic E-state index is 0. The molecule has 0 aromatic rings. The molecule has 192 valence electrons. The number of hydrogen-bond donors (Lipinski definition) is 1. The van der Waals surface area contributed by atoms with Gasteiger partial charge in [0.15, 0.2) is 0 Å². The molecule has 8 nitrogen and oxygen atoms in total. The van der Waals surface area contributed by atoms with Gasteiger partial charge in [0, 0.05) is 92.6 Å². The minimum absolute atomic E-state index is 0. The van der Waals surface area contributed by atoms with Gasteiger partial charge >= 0.3 is 0 Å². The average Bonchev–Trinajstić information content (AvgIpc) is 3.42. The lowest BCUT2D eigenvalue weighted by Gasteiger charge is -2.35. The quantitative estimate of drug-likeness (QED) is 0.342. The van der Waals surface area contributed by atoms with Gasteiger partial charge in [-0.05, 0) is 13.0 Å². The van der Waals surface area contributed by atoms with E-state index >= 15 is 0 Å². The maximum atomic E-state index is 5.98. The molecule has 1 unspecified atom stereocenters. The van der Waals surface area contributed by atoms with E-state index in [9.17, 15) is 0 Å². The zero-order valence-electron chi connectivity index (χ0n) is 21.4. The number of methoxy groups -OCH3 is 1. The summed E-state index contributed by atoms with van der Waals surface area (Å²) in [6.45, 7) is 23.6. The number of likely N-dealkylation sites (N-methyl/N-ethyl adjacent to an activating group) is 1. The maximum Gasteiger partial charge on any atom is 0.0594 e. The van der Waals surface area contributed by atoms with Crippen LogP contribution in [0.15, 0.2) is 0 Å². The zero-order chi connectivity index (χ0) is 23.0. The third-order valence-electron chi connectivity index (χ3n) is 6.81. The smallest absolute Gasteiger partial charge is 0.0594 e. The number of likely N-dealkylation sites (tertiary alicyclic amines) is 2. The minimum Gasteiger partial charge on any atom is -0.383 e. The van der Waals surface area contributed by atoms with E-state index in [-0.39, 0.29) is 1.43 Å². The highest BCUT2D eigenvalue weighted by atomic mass is 16.5. The molecule has 0 aliphatic carbocycles. The van der Waals surface area contributed by atoms with E-state index in [1.807, 2.05) is 13.8 Å². The first-order chi connectivity index (χ1) is 15.8. The first-order valence-electron chi connectivity index (χ1n) is 13.1. The third-order valence-corrected chi connectivity index (χ3v) is 6.81. The Balaban J connectivity index is 0.00000177. The Hall–Kier alpha value is -0.320. The standard InChI is InChI=1S/C22H45N5O3.C2H6.H2/c1-3-23-4-13-29-16-11-26-19-22-18-21(26)20-27(22)12-17-30-15-10-25-7-5-24(6-8-25)9-14-28-2;1-2;/h21-23H,3-20H2,1-2H3;1-2H3;1H/t21-,22?;;/m0../s1. The Labute approximate surface area is 199 Å². The molecule has 0 saturated carbocycles. The van der Waals surface area contributed by atoms with Gasteiger partial charge in [0.1, 0.15) is 0 Å². The number of ether oxygens (including phenoxy) is 3. The maximum absolute atomic E-state index is 5.98. The molecule has 3 aliphatic rings. The lowest BCUT2D eigenvalue weighted by molar-refractivity contribution is 0.0416. The van der Waals surface area contributed by atoms with Crippen LogP contribution in [0, 0.1) is 0 Å². The van der Waals surface area contributed by atoms with Crippen LogP contribution in [0.2, 0.25) is 0 Å². The van der Waals surface area contributed by atoms with E-state index in [0.29, 0.717) is 0 Å². The second-order valence-corrected chi connectivity index (χ2v) is 8.79. The Kier molecular flexibility index (Phi) is 15.0. The van der Waals surface area contributed by atoms with Crippen molar-refractivity contribution in [2.45, 2.75) is 39.3 Å². The van der Waals surface area contributed by atoms with Crippen molar-refractivity contribution in [1.29, 1.82) is 0 Å². The van der Waals surface area contributed by atoms with Crippen molar-refractivity contribution in [2.75, 3.05) is 119 Å². The molecule has 0 amide bonds. The SMILES string of the molecule is CC.CCNCCOCCN1CC2C[C@H]1CN2CCOCCN1CCN(CCOC)CC1.[HH]. The number of fused-ring (bicyclic) bond motifs is 2. The van der Waals surface area contributed by atoms with Gasteiger partial charge in [-0.25, -0.2) is 0 Å². The molecule has 3 rings (SSSR count). The van der Waals surface area contributed by atoms with Crippen LogP contribution in [0.5, 0.6) is 0 Å². The fraction of sp³-hybridized carbons (Fsp3) is 1.00. The van der Waals surface area contributed by atoms with Gasteiger partial charge in [-0.1, -0.05) is 20.8 Å². The van der Waals surface area contributed by atoms with Crippen LogP contribution >= 0.6 is 0 Å². The van der Waals surface area contributed by atoms with Crippen LogP contribution in [0.1, 0.15) is 28.6 Å². The highest BCUT2D eigenvalue weighted by Gasteiger charge is 2.42. The van der Waals surface area contributed by atoms with Crippen LogP contribution in [0.3, 0.4) is 0 Å². The van der Waals surface area contributed by atoms with E-state index in [0.717, 1.165) is 111 Å². The summed E-state index contributed by atoms with van der Waals surface area (Å²) in [4.78, 5) is 10.3. The first kappa shape index (κ1) is 27.9. The molecule has 1 N–H and O–H groups in total. The highest BCUT2D eigenvalue weighted by Crippen LogP contribution is 2.29. The summed E-state index contributed by atoms with van der Waals surface area (Å²) in [7, 11) is 1.78. The highest BCUT2D eigenvalue weighted by molar-refractivity contribution is 4.99. The number of nitrogens with one attached hydrogen (secondary N) is 1. The molecular weight excluding hydrogens is 406 g/mol. The summed E-state index contributed by atoms with van der Waals surface area (Å²) in [5.41, 5.74) is 0. The summed E-state index contributed by atoms with van der Waals surface area (Å²) in [5, 5.41) is 3.30. The van der Waals surface area contributed by atoms with Gasteiger partial charge in [-0.2, -0.15) is 0 Å². The number of nitrogens with zero attached hydrogens (tertiary/aromatic N) is 4. The van der Waals surface area contributed by atoms with Gasteiger partial charge in [-0.3, -0.25) is 19.6 Å². The van der Waals surface area contributed by atoms with Crippen molar-refractivity contribution < 1.29 is 15.6 Å². The average molecular weight is 460 g/mol.